The number of benzene rings is 3. The molecule has 2 unspecified atom stereocenters. The van der Waals surface area contributed by atoms with Crippen molar-refractivity contribution in [1.82, 2.24) is 20.6 Å². The van der Waals surface area contributed by atoms with Gasteiger partial charge in [0.1, 0.15) is 17.6 Å². The Kier molecular flexibility index (Phi) is 11.0. The quantitative estimate of drug-likeness (QED) is 0.241. The number of ether oxygens (including phenoxy) is 1. The Hall–Kier alpha value is -3.84. The Labute approximate surface area is 280 Å². The molecule has 0 saturated carbocycles. The van der Waals surface area contributed by atoms with Gasteiger partial charge in [0.25, 0.3) is 5.91 Å². The van der Waals surface area contributed by atoms with Gasteiger partial charge in [0, 0.05) is 29.2 Å². The van der Waals surface area contributed by atoms with E-state index in [4.69, 9.17) is 32.9 Å². The summed E-state index contributed by atoms with van der Waals surface area (Å²) in [4.78, 5) is 39.4. The standard InChI is InChI=1S/C33H34Cl2F3N5O4/c1-3-47-27-18-22(33(36,37)38)8-13-26(27)31-40-29(20-4-9-23(34)10-5-20)30(21-6-11-24(35)12-7-21)43(31)32(45)42-16-14-25(15-17-42)39-19-28(44)41-46-2/h4-13,18,25,29-30,39H,3,14-17,19H2,1-2H3,(H,41,44). The van der Waals surface area contributed by atoms with Crippen LogP contribution in [0.25, 0.3) is 0 Å². The molecule has 9 nitrogen and oxygen atoms in total. The minimum absolute atomic E-state index is 0.0123. The molecule has 14 heteroatoms. The molecule has 2 N–H and O–H groups in total. The van der Waals surface area contributed by atoms with E-state index in [1.54, 1.807) is 41.0 Å². The number of hydrogen-bond donors (Lipinski definition) is 2. The van der Waals surface area contributed by atoms with Crippen LogP contribution in [0.1, 0.15) is 54.1 Å². The van der Waals surface area contributed by atoms with Gasteiger partial charge < -0.3 is 15.0 Å². The molecule has 1 fully saturated rings. The monoisotopic (exact) mass is 691 g/mol. The summed E-state index contributed by atoms with van der Waals surface area (Å²) < 4.78 is 47.0. The zero-order chi connectivity index (χ0) is 33.7. The SMILES string of the molecule is CCOc1cc(C(F)(F)F)ccc1C1=NC(c2ccc(Cl)cc2)C(c2ccc(Cl)cc2)N1C(=O)N1CCC(NCC(=O)NOC)CC1. The molecule has 5 rings (SSSR count). The highest BCUT2D eigenvalue weighted by atomic mass is 35.5. The van der Waals surface area contributed by atoms with Gasteiger partial charge in [-0.05, 0) is 73.4 Å². The molecule has 3 amide bonds. The number of piperidine rings is 1. The number of urea groups is 1. The number of halogens is 5. The third-order valence-corrected chi connectivity index (χ3v) is 8.58. The fraction of sp³-hybridized carbons (Fsp3) is 0.364. The van der Waals surface area contributed by atoms with Gasteiger partial charge in [0.2, 0.25) is 0 Å². The van der Waals surface area contributed by atoms with E-state index in [2.05, 4.69) is 15.6 Å². The van der Waals surface area contributed by atoms with Crippen LogP contribution in [0.4, 0.5) is 18.0 Å². The number of nitrogens with zero attached hydrogens (tertiary/aromatic N) is 3. The molecule has 3 aromatic rings. The maximum Gasteiger partial charge on any atom is 0.416 e. The number of carbonyl (C=O) groups is 2. The van der Waals surface area contributed by atoms with Crippen molar-refractivity contribution in [3.05, 3.63) is 99.0 Å². The molecule has 2 aliphatic heterocycles. The molecule has 1 saturated heterocycles. The number of likely N-dealkylation sites (tertiary alicyclic amines) is 1. The van der Waals surface area contributed by atoms with Gasteiger partial charge in [-0.2, -0.15) is 13.2 Å². The summed E-state index contributed by atoms with van der Waals surface area (Å²) in [6.45, 7) is 2.57. The van der Waals surface area contributed by atoms with Crippen LogP contribution in [0.2, 0.25) is 10.0 Å². The fourth-order valence-electron chi connectivity index (χ4n) is 5.83. The first-order chi connectivity index (χ1) is 22.5. The minimum atomic E-state index is -4.60. The zero-order valence-electron chi connectivity index (χ0n) is 25.7. The Balaban J connectivity index is 1.56. The van der Waals surface area contributed by atoms with E-state index in [0.29, 0.717) is 36.0 Å². The molecule has 0 aromatic heterocycles. The van der Waals surface area contributed by atoms with Gasteiger partial charge in [0.05, 0.1) is 37.4 Å². The number of aliphatic imine (C=N–C) groups is 1. The summed E-state index contributed by atoms with van der Waals surface area (Å²) >= 11 is 12.4. The summed E-state index contributed by atoms with van der Waals surface area (Å²) in [6.07, 6.45) is -3.45. The third-order valence-electron chi connectivity index (χ3n) is 8.08. The van der Waals surface area contributed by atoms with Crippen LogP contribution in [-0.4, -0.2) is 67.0 Å². The van der Waals surface area contributed by atoms with Gasteiger partial charge in [-0.25, -0.2) is 10.3 Å². The van der Waals surface area contributed by atoms with Crippen LogP contribution in [-0.2, 0) is 15.8 Å². The highest BCUT2D eigenvalue weighted by Gasteiger charge is 2.45. The molecule has 2 atom stereocenters. The average Bonchev–Trinajstić information content (AvgIpc) is 3.44. The van der Waals surface area contributed by atoms with Crippen LogP contribution in [0.5, 0.6) is 5.75 Å². The van der Waals surface area contributed by atoms with Crippen LogP contribution in [0, 0.1) is 0 Å². The van der Waals surface area contributed by atoms with Gasteiger partial charge >= 0.3 is 12.2 Å². The van der Waals surface area contributed by atoms with Crippen molar-refractivity contribution in [3.63, 3.8) is 0 Å². The van der Waals surface area contributed by atoms with Crippen molar-refractivity contribution in [3.8, 4) is 5.75 Å². The molecule has 47 heavy (non-hydrogen) atoms. The van der Waals surface area contributed by atoms with Crippen LogP contribution < -0.4 is 15.5 Å². The summed E-state index contributed by atoms with van der Waals surface area (Å²) in [5, 5.41) is 4.20. The fourth-order valence-corrected chi connectivity index (χ4v) is 6.08. The van der Waals surface area contributed by atoms with E-state index in [1.165, 1.54) is 13.2 Å². The van der Waals surface area contributed by atoms with Crippen molar-refractivity contribution >= 4 is 41.0 Å². The molecule has 250 valence electrons. The second-order valence-corrected chi connectivity index (χ2v) is 12.0. The van der Waals surface area contributed by atoms with E-state index in [0.717, 1.165) is 23.3 Å². The minimum Gasteiger partial charge on any atom is -0.493 e. The van der Waals surface area contributed by atoms with Gasteiger partial charge in [-0.15, -0.1) is 0 Å². The van der Waals surface area contributed by atoms with Crippen molar-refractivity contribution in [2.24, 2.45) is 4.99 Å². The molecule has 2 heterocycles. The highest BCUT2D eigenvalue weighted by Crippen LogP contribution is 2.46. The Morgan fingerprint density at radius 2 is 1.57 bits per heavy atom. The van der Waals surface area contributed by atoms with Crippen molar-refractivity contribution in [1.29, 1.82) is 0 Å². The molecule has 0 aliphatic carbocycles. The summed E-state index contributed by atoms with van der Waals surface area (Å²) in [5.74, 6) is -0.170. The molecule has 0 radical (unpaired) electrons. The Morgan fingerprint density at radius 3 is 2.15 bits per heavy atom. The maximum atomic E-state index is 14.6. The predicted molar refractivity (Wildman–Crippen MR) is 173 cm³/mol. The molecular formula is C33H34Cl2F3N5O4. The summed E-state index contributed by atoms with van der Waals surface area (Å²) in [6, 6.07) is 15.7. The Bertz CT molecular complexity index is 1600. The topological polar surface area (TPSA) is 95.5 Å². The normalized spacial score (nSPS) is 18.7. The molecule has 0 spiro atoms. The van der Waals surface area contributed by atoms with E-state index in [1.807, 2.05) is 24.3 Å². The largest absolute Gasteiger partial charge is 0.493 e. The number of rotatable bonds is 9. The number of carbonyl (C=O) groups excluding carboxylic acids is 2. The molecular weight excluding hydrogens is 658 g/mol. The molecule has 3 aromatic carbocycles. The predicted octanol–water partition coefficient (Wildman–Crippen LogP) is 6.81. The number of amides is 3. The van der Waals surface area contributed by atoms with E-state index in [-0.39, 0.29) is 48.3 Å². The lowest BCUT2D eigenvalue weighted by Gasteiger charge is -2.38. The lowest BCUT2D eigenvalue weighted by Crippen LogP contribution is -2.52. The number of amidine groups is 1. The second-order valence-electron chi connectivity index (χ2n) is 11.1. The summed E-state index contributed by atoms with van der Waals surface area (Å²) in [7, 11) is 1.36. The second kappa shape index (κ2) is 14.9. The highest BCUT2D eigenvalue weighted by molar-refractivity contribution is 6.30. The van der Waals surface area contributed by atoms with E-state index in [9.17, 15) is 22.8 Å². The van der Waals surface area contributed by atoms with Crippen molar-refractivity contribution in [2.45, 2.75) is 44.1 Å². The first kappa shape index (κ1) is 34.5. The molecule has 0 bridgehead atoms. The zero-order valence-corrected chi connectivity index (χ0v) is 27.2. The van der Waals surface area contributed by atoms with Crippen LogP contribution in [0.15, 0.2) is 71.7 Å². The number of alkyl halides is 3. The lowest BCUT2D eigenvalue weighted by molar-refractivity contribution is -0.137. The van der Waals surface area contributed by atoms with Crippen LogP contribution in [0.3, 0.4) is 0 Å². The number of hydroxylamine groups is 1. The number of nitrogens with one attached hydrogen (secondary N) is 2. The molecule has 2 aliphatic rings. The van der Waals surface area contributed by atoms with Gasteiger partial charge in [-0.1, -0.05) is 47.5 Å². The third kappa shape index (κ3) is 8.01. The van der Waals surface area contributed by atoms with Crippen LogP contribution >= 0.6 is 23.2 Å². The lowest BCUT2D eigenvalue weighted by atomic mass is 9.93. The van der Waals surface area contributed by atoms with E-state index < -0.39 is 23.8 Å². The first-order valence-electron chi connectivity index (χ1n) is 15.1. The Morgan fingerprint density at radius 1 is 0.957 bits per heavy atom. The van der Waals surface area contributed by atoms with Crippen molar-refractivity contribution < 1.29 is 32.3 Å². The maximum absolute atomic E-state index is 14.6. The number of hydrogen-bond acceptors (Lipinski definition) is 6. The summed E-state index contributed by atoms with van der Waals surface area (Å²) in [5.41, 5.74) is 3.13. The van der Waals surface area contributed by atoms with E-state index >= 15 is 0 Å². The average molecular weight is 693 g/mol. The first-order valence-corrected chi connectivity index (χ1v) is 15.8. The van der Waals surface area contributed by atoms with Crippen molar-refractivity contribution in [2.75, 3.05) is 33.4 Å². The van der Waals surface area contributed by atoms with Gasteiger partial charge in [0.15, 0.2) is 0 Å². The van der Waals surface area contributed by atoms with Gasteiger partial charge in [-0.3, -0.25) is 19.5 Å². The smallest absolute Gasteiger partial charge is 0.416 e.